The van der Waals surface area contributed by atoms with Crippen molar-refractivity contribution in [3.8, 4) is 10.8 Å². The maximum Gasteiger partial charge on any atom is 0.326 e. The van der Waals surface area contributed by atoms with Crippen LogP contribution in [0, 0.1) is 0 Å². The number of aliphatic carboxylic acids is 1. The molecule has 2 heterocycles. The first-order valence-electron chi connectivity index (χ1n) is 6.14. The van der Waals surface area contributed by atoms with Crippen LogP contribution in [-0.4, -0.2) is 40.0 Å². The van der Waals surface area contributed by atoms with Gasteiger partial charge in [0, 0.05) is 5.38 Å². The molecular formula is C13H14N2O4S2. The molecule has 8 heteroatoms. The zero-order chi connectivity index (χ0) is 15.2. The van der Waals surface area contributed by atoms with E-state index < -0.39 is 17.9 Å². The molecule has 0 aromatic carbocycles. The van der Waals surface area contributed by atoms with E-state index in [2.05, 4.69) is 10.3 Å². The largest absolute Gasteiger partial charge is 0.480 e. The Morgan fingerprint density at radius 3 is 3.00 bits per heavy atom. The number of amides is 1. The summed E-state index contributed by atoms with van der Waals surface area (Å²) in [6, 6.07) is 2.58. The predicted octanol–water partition coefficient (Wildman–Crippen LogP) is 2.34. The number of hydrogen-bond acceptors (Lipinski definition) is 6. The van der Waals surface area contributed by atoms with Crippen molar-refractivity contribution >= 4 is 35.0 Å². The third kappa shape index (κ3) is 4.08. The number of nitrogens with zero attached hydrogens (tertiary/aromatic N) is 1. The summed E-state index contributed by atoms with van der Waals surface area (Å²) < 4.78 is 5.20. The maximum absolute atomic E-state index is 12.0. The van der Waals surface area contributed by atoms with Gasteiger partial charge in [-0.1, -0.05) is 0 Å². The monoisotopic (exact) mass is 326 g/mol. The molecule has 112 valence electrons. The van der Waals surface area contributed by atoms with Gasteiger partial charge in [0.05, 0.1) is 6.26 Å². The molecule has 2 aromatic heterocycles. The Labute approximate surface area is 129 Å². The van der Waals surface area contributed by atoms with E-state index in [0.717, 1.165) is 0 Å². The normalized spacial score (nSPS) is 12.0. The highest BCUT2D eigenvalue weighted by molar-refractivity contribution is 7.98. The first-order valence-corrected chi connectivity index (χ1v) is 8.41. The van der Waals surface area contributed by atoms with Crippen LogP contribution in [0.4, 0.5) is 0 Å². The number of rotatable bonds is 7. The lowest BCUT2D eigenvalue weighted by molar-refractivity contribution is -0.139. The number of nitrogens with one attached hydrogen (secondary N) is 1. The number of thioether (sulfide) groups is 1. The van der Waals surface area contributed by atoms with Gasteiger partial charge >= 0.3 is 5.97 Å². The van der Waals surface area contributed by atoms with Gasteiger partial charge in [0.15, 0.2) is 10.8 Å². The molecule has 1 amide bonds. The summed E-state index contributed by atoms with van der Waals surface area (Å²) in [4.78, 5) is 27.3. The summed E-state index contributed by atoms with van der Waals surface area (Å²) in [6.07, 6.45) is 3.79. The Morgan fingerprint density at radius 2 is 2.38 bits per heavy atom. The first-order chi connectivity index (χ1) is 10.1. The fourth-order valence-electron chi connectivity index (χ4n) is 1.62. The van der Waals surface area contributed by atoms with Crippen LogP contribution in [0.15, 0.2) is 28.2 Å². The number of furan rings is 1. The standard InChI is InChI=1S/C13H14N2O4S2/c1-20-6-4-8(13(17)18)14-11(16)9-7-21-12(15-9)10-3-2-5-19-10/h2-3,5,7-8H,4,6H2,1H3,(H,14,16)(H,17,18). The van der Waals surface area contributed by atoms with Crippen LogP contribution >= 0.6 is 23.1 Å². The van der Waals surface area contributed by atoms with Gasteiger partial charge < -0.3 is 14.8 Å². The smallest absolute Gasteiger partial charge is 0.326 e. The number of carbonyl (C=O) groups excluding carboxylic acids is 1. The van der Waals surface area contributed by atoms with Crippen molar-refractivity contribution in [1.29, 1.82) is 0 Å². The van der Waals surface area contributed by atoms with E-state index in [-0.39, 0.29) is 5.69 Å². The van der Waals surface area contributed by atoms with Crippen LogP contribution in [0.3, 0.4) is 0 Å². The van der Waals surface area contributed by atoms with E-state index in [4.69, 9.17) is 9.52 Å². The molecule has 0 saturated carbocycles. The van der Waals surface area contributed by atoms with Crippen LogP contribution < -0.4 is 5.32 Å². The van der Waals surface area contributed by atoms with E-state index in [0.29, 0.717) is 22.9 Å². The van der Waals surface area contributed by atoms with Crippen molar-refractivity contribution in [1.82, 2.24) is 10.3 Å². The minimum absolute atomic E-state index is 0.196. The number of carboxylic acids is 1. The van der Waals surface area contributed by atoms with Gasteiger partial charge in [0.1, 0.15) is 11.7 Å². The average Bonchev–Trinajstić information content (AvgIpc) is 3.12. The van der Waals surface area contributed by atoms with Gasteiger partial charge in [-0.15, -0.1) is 11.3 Å². The minimum Gasteiger partial charge on any atom is -0.480 e. The Balaban J connectivity index is 2.04. The van der Waals surface area contributed by atoms with E-state index >= 15 is 0 Å². The molecular weight excluding hydrogens is 312 g/mol. The zero-order valence-electron chi connectivity index (χ0n) is 11.2. The lowest BCUT2D eigenvalue weighted by Gasteiger charge is -2.12. The number of carboxylic acid groups (broad SMARTS) is 1. The molecule has 1 unspecified atom stereocenters. The summed E-state index contributed by atoms with van der Waals surface area (Å²) in [7, 11) is 0. The fraction of sp³-hybridized carbons (Fsp3) is 0.308. The maximum atomic E-state index is 12.0. The summed E-state index contributed by atoms with van der Waals surface area (Å²) in [6.45, 7) is 0. The van der Waals surface area contributed by atoms with Gasteiger partial charge in [-0.2, -0.15) is 11.8 Å². The second-order valence-corrected chi connectivity index (χ2v) is 6.00. The molecule has 2 aromatic rings. The Hall–Kier alpha value is -1.80. The lowest BCUT2D eigenvalue weighted by Crippen LogP contribution is -2.41. The highest BCUT2D eigenvalue weighted by Crippen LogP contribution is 2.23. The summed E-state index contributed by atoms with van der Waals surface area (Å²) in [5.74, 6) is -0.293. The van der Waals surface area contributed by atoms with Crippen molar-refractivity contribution in [3.63, 3.8) is 0 Å². The summed E-state index contributed by atoms with van der Waals surface area (Å²) >= 11 is 2.80. The van der Waals surface area contributed by atoms with Crippen LogP contribution in [0.2, 0.25) is 0 Å². The molecule has 0 spiro atoms. The quantitative estimate of drug-likeness (QED) is 0.811. The SMILES string of the molecule is CSCCC(NC(=O)c1csc(-c2ccco2)n1)C(=O)O. The molecule has 0 saturated heterocycles. The molecule has 2 rings (SSSR count). The van der Waals surface area contributed by atoms with E-state index in [1.807, 2.05) is 6.26 Å². The highest BCUT2D eigenvalue weighted by Gasteiger charge is 2.22. The number of aromatic nitrogens is 1. The molecule has 21 heavy (non-hydrogen) atoms. The molecule has 0 aliphatic rings. The average molecular weight is 326 g/mol. The first kappa shape index (κ1) is 15.6. The second kappa shape index (κ2) is 7.28. The van der Waals surface area contributed by atoms with Crippen molar-refractivity contribution in [2.24, 2.45) is 0 Å². The molecule has 0 aliphatic carbocycles. The van der Waals surface area contributed by atoms with Crippen molar-refractivity contribution in [3.05, 3.63) is 29.5 Å². The predicted molar refractivity (Wildman–Crippen MR) is 81.7 cm³/mol. The highest BCUT2D eigenvalue weighted by atomic mass is 32.2. The van der Waals surface area contributed by atoms with Gasteiger partial charge in [-0.25, -0.2) is 9.78 Å². The number of carbonyl (C=O) groups is 2. The van der Waals surface area contributed by atoms with Crippen LogP contribution in [0.5, 0.6) is 0 Å². The second-order valence-electron chi connectivity index (χ2n) is 4.16. The molecule has 0 radical (unpaired) electrons. The van der Waals surface area contributed by atoms with Gasteiger partial charge in [0.2, 0.25) is 0 Å². The van der Waals surface area contributed by atoms with Crippen molar-refractivity contribution < 1.29 is 19.1 Å². The van der Waals surface area contributed by atoms with Crippen LogP contribution in [0.1, 0.15) is 16.9 Å². The minimum atomic E-state index is -1.04. The van der Waals surface area contributed by atoms with Crippen molar-refractivity contribution in [2.75, 3.05) is 12.0 Å². The van der Waals surface area contributed by atoms with E-state index in [9.17, 15) is 9.59 Å². The third-order valence-corrected chi connectivity index (χ3v) is 4.18. The van der Waals surface area contributed by atoms with E-state index in [1.165, 1.54) is 29.4 Å². The lowest BCUT2D eigenvalue weighted by atomic mass is 10.2. The van der Waals surface area contributed by atoms with E-state index in [1.54, 1.807) is 17.5 Å². The van der Waals surface area contributed by atoms with Crippen molar-refractivity contribution in [2.45, 2.75) is 12.5 Å². The fourth-order valence-corrected chi connectivity index (χ4v) is 2.85. The summed E-state index contributed by atoms with van der Waals surface area (Å²) in [5, 5.41) is 13.8. The Bertz CT molecular complexity index is 609. The Morgan fingerprint density at radius 1 is 1.57 bits per heavy atom. The molecule has 1 atom stereocenters. The molecule has 0 fully saturated rings. The summed E-state index contributed by atoms with van der Waals surface area (Å²) in [5.41, 5.74) is 0.196. The Kier molecular flexibility index (Phi) is 5.40. The van der Waals surface area contributed by atoms with Gasteiger partial charge in [0.25, 0.3) is 5.91 Å². The molecule has 0 bridgehead atoms. The number of hydrogen-bond donors (Lipinski definition) is 2. The van der Waals surface area contributed by atoms with Crippen LogP contribution in [0.25, 0.3) is 10.8 Å². The third-order valence-electron chi connectivity index (χ3n) is 2.68. The topological polar surface area (TPSA) is 92.4 Å². The van der Waals surface area contributed by atoms with Crippen LogP contribution in [-0.2, 0) is 4.79 Å². The molecule has 2 N–H and O–H groups in total. The van der Waals surface area contributed by atoms with Gasteiger partial charge in [-0.05, 0) is 30.6 Å². The molecule has 0 aliphatic heterocycles. The zero-order valence-corrected chi connectivity index (χ0v) is 12.9. The van der Waals surface area contributed by atoms with Gasteiger partial charge in [-0.3, -0.25) is 4.79 Å². The molecule has 6 nitrogen and oxygen atoms in total. The number of thiazole rings is 1.